The Balaban J connectivity index is 1.61. The van der Waals surface area contributed by atoms with Crippen LogP contribution in [0.1, 0.15) is 12.5 Å². The summed E-state index contributed by atoms with van der Waals surface area (Å²) in [6.45, 7) is 3.30. The summed E-state index contributed by atoms with van der Waals surface area (Å²) in [7, 11) is 3.31. The van der Waals surface area contributed by atoms with Gasteiger partial charge in [-0.2, -0.15) is 0 Å². The topological polar surface area (TPSA) is 49.0 Å². The number of fused-ring (bicyclic) bond motifs is 1. The lowest BCUT2D eigenvalue weighted by Crippen LogP contribution is -2.45. The van der Waals surface area contributed by atoms with Gasteiger partial charge in [0.2, 0.25) is 0 Å². The van der Waals surface area contributed by atoms with Crippen LogP contribution >= 0.6 is 0 Å². The number of hydrogen-bond acceptors (Lipinski definition) is 5. The molecule has 1 aliphatic heterocycles. The maximum absolute atomic E-state index is 6.04. The maximum Gasteiger partial charge on any atom is 0.161 e. The molecule has 0 bridgehead atoms. The summed E-state index contributed by atoms with van der Waals surface area (Å²) >= 11 is 0. The van der Waals surface area contributed by atoms with Gasteiger partial charge in [0.1, 0.15) is 24.2 Å². The molecule has 5 heteroatoms. The fourth-order valence-corrected chi connectivity index (χ4v) is 2.68. The lowest BCUT2D eigenvalue weighted by molar-refractivity contribution is 0.0662. The highest BCUT2D eigenvalue weighted by Gasteiger charge is 2.25. The van der Waals surface area contributed by atoms with E-state index >= 15 is 0 Å². The van der Waals surface area contributed by atoms with Gasteiger partial charge in [0.05, 0.1) is 14.2 Å². The van der Waals surface area contributed by atoms with Crippen molar-refractivity contribution in [3.05, 3.63) is 48.0 Å². The van der Waals surface area contributed by atoms with Gasteiger partial charge < -0.3 is 24.3 Å². The van der Waals surface area contributed by atoms with Gasteiger partial charge in [-0.15, -0.1) is 0 Å². The second kappa shape index (κ2) is 7.45. The number of rotatable bonds is 6. The van der Waals surface area contributed by atoms with Crippen molar-refractivity contribution < 1.29 is 18.9 Å². The van der Waals surface area contributed by atoms with Crippen LogP contribution in [0.5, 0.6) is 23.0 Å². The Labute approximate surface area is 142 Å². The van der Waals surface area contributed by atoms with Crippen LogP contribution in [-0.4, -0.2) is 33.0 Å². The largest absolute Gasteiger partial charge is 0.497 e. The second-order valence-electron chi connectivity index (χ2n) is 5.76. The van der Waals surface area contributed by atoms with Crippen molar-refractivity contribution in [2.45, 2.75) is 25.6 Å². The third-order valence-electron chi connectivity index (χ3n) is 4.20. The zero-order valence-corrected chi connectivity index (χ0v) is 14.2. The van der Waals surface area contributed by atoms with Gasteiger partial charge in [-0.3, -0.25) is 0 Å². The number of para-hydroxylation sites is 2. The molecule has 0 saturated heterocycles. The lowest BCUT2D eigenvalue weighted by atomic mass is 10.1. The van der Waals surface area contributed by atoms with Crippen LogP contribution in [0.3, 0.4) is 0 Å². The van der Waals surface area contributed by atoms with Crippen LogP contribution in [0.2, 0.25) is 0 Å². The fraction of sp³-hybridized carbons (Fsp3) is 0.368. The van der Waals surface area contributed by atoms with E-state index in [0.29, 0.717) is 13.2 Å². The zero-order chi connectivity index (χ0) is 16.9. The van der Waals surface area contributed by atoms with E-state index in [0.717, 1.165) is 28.6 Å². The Morgan fingerprint density at radius 1 is 1.12 bits per heavy atom. The summed E-state index contributed by atoms with van der Waals surface area (Å²) in [4.78, 5) is 0. The normalized spacial score (nSPS) is 17.2. The molecular weight excluding hydrogens is 306 g/mol. The molecule has 5 nitrogen and oxygen atoms in total. The highest BCUT2D eigenvalue weighted by Crippen LogP contribution is 2.31. The molecule has 0 spiro atoms. The smallest absolute Gasteiger partial charge is 0.161 e. The molecule has 0 aromatic heterocycles. The average Bonchev–Trinajstić information content (AvgIpc) is 2.65. The minimum atomic E-state index is -0.0378. The van der Waals surface area contributed by atoms with E-state index in [1.54, 1.807) is 14.2 Å². The average molecular weight is 329 g/mol. The Morgan fingerprint density at radius 3 is 2.67 bits per heavy atom. The van der Waals surface area contributed by atoms with Crippen LogP contribution < -0.4 is 24.3 Å². The molecule has 24 heavy (non-hydrogen) atoms. The summed E-state index contributed by atoms with van der Waals surface area (Å²) in [5.74, 6) is 3.19. The van der Waals surface area contributed by atoms with Crippen molar-refractivity contribution in [3.8, 4) is 23.0 Å². The molecule has 0 unspecified atom stereocenters. The highest BCUT2D eigenvalue weighted by atomic mass is 16.6. The Hall–Kier alpha value is -2.40. The molecule has 128 valence electrons. The van der Waals surface area contributed by atoms with E-state index < -0.39 is 0 Å². The van der Waals surface area contributed by atoms with Gasteiger partial charge in [-0.05, 0) is 25.1 Å². The molecule has 0 radical (unpaired) electrons. The molecule has 0 amide bonds. The predicted octanol–water partition coefficient (Wildman–Crippen LogP) is 3.02. The van der Waals surface area contributed by atoms with E-state index in [1.165, 1.54) is 0 Å². The summed E-state index contributed by atoms with van der Waals surface area (Å²) in [5.41, 5.74) is 1.07. The van der Waals surface area contributed by atoms with Gasteiger partial charge >= 0.3 is 0 Å². The Bertz CT molecular complexity index is 689. The minimum absolute atomic E-state index is 0.0378. The first-order valence-corrected chi connectivity index (χ1v) is 8.04. The lowest BCUT2D eigenvalue weighted by Gasteiger charge is -2.31. The number of nitrogens with one attached hydrogen (secondary N) is 1. The molecule has 2 atom stereocenters. The molecule has 2 aromatic carbocycles. The number of methoxy groups -OCH3 is 2. The number of ether oxygens (including phenoxy) is 4. The van der Waals surface area contributed by atoms with E-state index in [9.17, 15) is 0 Å². The molecule has 3 rings (SSSR count). The third kappa shape index (κ3) is 3.57. The van der Waals surface area contributed by atoms with Crippen molar-refractivity contribution in [2.75, 3.05) is 20.8 Å². The Morgan fingerprint density at radius 2 is 1.92 bits per heavy atom. The van der Waals surface area contributed by atoms with Crippen molar-refractivity contribution in [3.63, 3.8) is 0 Å². The first kappa shape index (κ1) is 16.5. The van der Waals surface area contributed by atoms with E-state index in [2.05, 4.69) is 12.2 Å². The Kier molecular flexibility index (Phi) is 5.11. The minimum Gasteiger partial charge on any atom is -0.497 e. The van der Waals surface area contributed by atoms with Crippen LogP contribution in [0, 0.1) is 0 Å². The van der Waals surface area contributed by atoms with Crippen LogP contribution in [0.4, 0.5) is 0 Å². The summed E-state index contributed by atoms with van der Waals surface area (Å²) in [6.07, 6.45) is -0.0378. The monoisotopic (exact) mass is 329 g/mol. The van der Waals surface area contributed by atoms with Crippen molar-refractivity contribution in [1.29, 1.82) is 0 Å². The third-order valence-corrected chi connectivity index (χ3v) is 4.20. The summed E-state index contributed by atoms with van der Waals surface area (Å²) < 4.78 is 22.5. The first-order valence-electron chi connectivity index (χ1n) is 8.04. The predicted molar refractivity (Wildman–Crippen MR) is 92.2 cm³/mol. The van der Waals surface area contributed by atoms with Crippen LogP contribution in [0.25, 0.3) is 0 Å². The number of benzene rings is 2. The molecule has 0 aliphatic carbocycles. The molecule has 1 N–H and O–H groups in total. The summed E-state index contributed by atoms with van der Waals surface area (Å²) in [5, 5.41) is 3.49. The van der Waals surface area contributed by atoms with Gasteiger partial charge in [0.15, 0.2) is 11.5 Å². The van der Waals surface area contributed by atoms with E-state index in [1.807, 2.05) is 42.5 Å². The van der Waals surface area contributed by atoms with Crippen molar-refractivity contribution in [2.24, 2.45) is 0 Å². The second-order valence-corrected chi connectivity index (χ2v) is 5.76. The number of hydrogen-bond donors (Lipinski definition) is 1. The quantitative estimate of drug-likeness (QED) is 0.883. The van der Waals surface area contributed by atoms with Gasteiger partial charge in [-0.1, -0.05) is 18.2 Å². The van der Waals surface area contributed by atoms with Gasteiger partial charge in [-0.25, -0.2) is 0 Å². The van der Waals surface area contributed by atoms with Crippen molar-refractivity contribution >= 4 is 0 Å². The van der Waals surface area contributed by atoms with Gasteiger partial charge in [0, 0.05) is 24.2 Å². The summed E-state index contributed by atoms with van der Waals surface area (Å²) in [6, 6.07) is 13.7. The first-order chi connectivity index (χ1) is 11.7. The van der Waals surface area contributed by atoms with Gasteiger partial charge in [0.25, 0.3) is 0 Å². The van der Waals surface area contributed by atoms with E-state index in [4.69, 9.17) is 18.9 Å². The van der Waals surface area contributed by atoms with Crippen LogP contribution in [0.15, 0.2) is 42.5 Å². The van der Waals surface area contributed by atoms with Crippen LogP contribution in [-0.2, 0) is 6.54 Å². The molecule has 0 saturated carbocycles. The maximum atomic E-state index is 6.04. The molecule has 0 fully saturated rings. The molecular formula is C19H23NO4. The highest BCUT2D eigenvalue weighted by molar-refractivity contribution is 5.41. The molecule has 1 heterocycles. The standard InChI is InChI=1S/C19H23NO4/c1-13(19-12-23-16-6-4-5-7-17(16)24-19)20-11-14-8-9-15(21-2)10-18(14)22-3/h4-10,13,19-20H,11-12H2,1-3H3/t13-,19+/m1/s1. The SMILES string of the molecule is COc1ccc(CN[C@H](C)[C@@H]2COc3ccccc3O2)c(OC)c1. The molecule has 1 aliphatic rings. The fourth-order valence-electron chi connectivity index (χ4n) is 2.68. The van der Waals surface area contributed by atoms with Crippen molar-refractivity contribution in [1.82, 2.24) is 5.32 Å². The zero-order valence-electron chi connectivity index (χ0n) is 14.2. The molecule has 2 aromatic rings. The van der Waals surface area contributed by atoms with E-state index in [-0.39, 0.29) is 12.1 Å².